The summed E-state index contributed by atoms with van der Waals surface area (Å²) in [5.41, 5.74) is 0. The van der Waals surface area contributed by atoms with Gasteiger partial charge in [0, 0.05) is 19.2 Å². The Bertz CT molecular complexity index is 1140. The molecule has 2 saturated heterocycles. The summed E-state index contributed by atoms with van der Waals surface area (Å²) < 4.78 is 69.3. The van der Waals surface area contributed by atoms with Crippen LogP contribution in [-0.4, -0.2) is 64.6 Å². The smallest absolute Gasteiger partial charge is 0.243 e. The number of ether oxygens (including phenoxy) is 3. The molecular formula is C23H29NO7S2. The van der Waals surface area contributed by atoms with E-state index in [1.165, 1.54) is 16.4 Å². The summed E-state index contributed by atoms with van der Waals surface area (Å²) >= 11 is 0. The van der Waals surface area contributed by atoms with Gasteiger partial charge >= 0.3 is 0 Å². The van der Waals surface area contributed by atoms with Gasteiger partial charge in [0.05, 0.1) is 29.1 Å². The van der Waals surface area contributed by atoms with E-state index in [2.05, 4.69) is 0 Å². The molecule has 10 heteroatoms. The van der Waals surface area contributed by atoms with Gasteiger partial charge < -0.3 is 14.2 Å². The first-order valence-corrected chi connectivity index (χ1v) is 14.4. The van der Waals surface area contributed by atoms with Crippen molar-refractivity contribution >= 4 is 19.9 Å². The number of hydrogen-bond donors (Lipinski definition) is 0. The minimum atomic E-state index is -3.91. The molecule has 2 aromatic carbocycles. The fourth-order valence-corrected chi connectivity index (χ4v) is 7.67. The van der Waals surface area contributed by atoms with Crippen LogP contribution in [0.2, 0.25) is 0 Å². The molecule has 180 valence electrons. The molecule has 0 spiro atoms. The van der Waals surface area contributed by atoms with Gasteiger partial charge in [-0.15, -0.1) is 0 Å². The third kappa shape index (κ3) is 5.87. The summed E-state index contributed by atoms with van der Waals surface area (Å²) in [6, 6.07) is 12.8. The Balaban J connectivity index is 1.52. The lowest BCUT2D eigenvalue weighted by atomic mass is 10.2. The second-order valence-electron chi connectivity index (χ2n) is 8.24. The first-order chi connectivity index (χ1) is 15.8. The maximum absolute atomic E-state index is 13.5. The van der Waals surface area contributed by atoms with E-state index in [4.69, 9.17) is 14.2 Å². The van der Waals surface area contributed by atoms with Crippen LogP contribution in [0.3, 0.4) is 0 Å². The van der Waals surface area contributed by atoms with Gasteiger partial charge in [0.15, 0.2) is 9.84 Å². The fraction of sp³-hybridized carbons (Fsp3) is 0.478. The summed E-state index contributed by atoms with van der Waals surface area (Å²) in [5.74, 6) is 1.69. The van der Waals surface area contributed by atoms with E-state index in [0.29, 0.717) is 31.1 Å². The van der Waals surface area contributed by atoms with Crippen molar-refractivity contribution in [1.29, 1.82) is 0 Å². The van der Waals surface area contributed by atoms with Crippen molar-refractivity contribution in [3.8, 4) is 17.2 Å². The van der Waals surface area contributed by atoms with Crippen LogP contribution in [0.5, 0.6) is 17.2 Å². The molecule has 0 radical (unpaired) electrons. The Labute approximate surface area is 195 Å². The van der Waals surface area contributed by atoms with Gasteiger partial charge in [0.2, 0.25) is 10.0 Å². The van der Waals surface area contributed by atoms with Crippen LogP contribution in [0.4, 0.5) is 0 Å². The number of rotatable bonds is 9. The topological polar surface area (TPSA) is 99.2 Å². The summed E-state index contributed by atoms with van der Waals surface area (Å²) in [7, 11) is -7.15. The van der Waals surface area contributed by atoms with E-state index >= 15 is 0 Å². The molecule has 0 saturated carbocycles. The molecule has 0 amide bonds. The summed E-state index contributed by atoms with van der Waals surface area (Å²) in [4.78, 5) is 0.101. The highest BCUT2D eigenvalue weighted by Crippen LogP contribution is 2.30. The molecule has 0 N–H and O–H groups in total. The van der Waals surface area contributed by atoms with E-state index < -0.39 is 25.9 Å². The molecule has 2 fully saturated rings. The van der Waals surface area contributed by atoms with E-state index in [-0.39, 0.29) is 29.0 Å². The molecule has 2 unspecified atom stereocenters. The van der Waals surface area contributed by atoms with Crippen molar-refractivity contribution in [2.45, 2.75) is 43.2 Å². The second kappa shape index (κ2) is 10.0. The molecule has 8 nitrogen and oxygen atoms in total. The van der Waals surface area contributed by atoms with Crippen LogP contribution in [0.1, 0.15) is 26.2 Å². The van der Waals surface area contributed by atoms with Crippen LogP contribution in [0.15, 0.2) is 53.4 Å². The maximum atomic E-state index is 13.5. The Hall–Kier alpha value is -2.14. The Kier molecular flexibility index (Phi) is 7.28. The number of sulfonamides is 1. The Morgan fingerprint density at radius 2 is 1.64 bits per heavy atom. The average Bonchev–Trinajstić information content (AvgIpc) is 3.43. The third-order valence-electron chi connectivity index (χ3n) is 5.82. The lowest BCUT2D eigenvalue weighted by Crippen LogP contribution is -2.45. The standard InChI is InChI=1S/C23H29NO7S2/c1-2-29-19-5-7-20(8-6-19)31-21-9-11-23(12-10-21)33(27,28)24(16-22-4-3-14-30-22)18-13-15-32(25,26)17-18/h5-12,18,22H,2-4,13-17H2,1H3. The Morgan fingerprint density at radius 1 is 1.00 bits per heavy atom. The molecule has 4 rings (SSSR count). The van der Waals surface area contributed by atoms with Crippen LogP contribution in [0, 0.1) is 0 Å². The lowest BCUT2D eigenvalue weighted by molar-refractivity contribution is 0.0877. The van der Waals surface area contributed by atoms with Gasteiger partial charge in [0.1, 0.15) is 17.2 Å². The van der Waals surface area contributed by atoms with Gasteiger partial charge in [-0.3, -0.25) is 0 Å². The van der Waals surface area contributed by atoms with Crippen molar-refractivity contribution < 1.29 is 31.0 Å². The minimum Gasteiger partial charge on any atom is -0.494 e. The lowest BCUT2D eigenvalue weighted by Gasteiger charge is -2.29. The first kappa shape index (κ1) is 24.0. The molecular weight excluding hydrogens is 466 g/mol. The number of sulfone groups is 1. The fourth-order valence-electron chi connectivity index (χ4n) is 4.16. The number of nitrogens with zero attached hydrogens (tertiary/aromatic N) is 1. The SMILES string of the molecule is CCOc1ccc(Oc2ccc(S(=O)(=O)N(CC3CCCO3)C3CCS(=O)(=O)C3)cc2)cc1. The molecule has 33 heavy (non-hydrogen) atoms. The predicted octanol–water partition coefficient (Wildman–Crippen LogP) is 3.23. The Morgan fingerprint density at radius 3 is 2.18 bits per heavy atom. The van der Waals surface area contributed by atoms with E-state index in [1.54, 1.807) is 36.4 Å². The van der Waals surface area contributed by atoms with Crippen molar-refractivity contribution in [2.24, 2.45) is 0 Å². The van der Waals surface area contributed by atoms with E-state index in [9.17, 15) is 16.8 Å². The molecule has 2 atom stereocenters. The van der Waals surface area contributed by atoms with Crippen molar-refractivity contribution in [3.63, 3.8) is 0 Å². The number of hydrogen-bond acceptors (Lipinski definition) is 7. The summed E-state index contributed by atoms with van der Waals surface area (Å²) in [5, 5.41) is 0. The minimum absolute atomic E-state index is 0.00404. The zero-order valence-electron chi connectivity index (χ0n) is 18.6. The second-order valence-corrected chi connectivity index (χ2v) is 12.4. The molecule has 2 aliphatic rings. The predicted molar refractivity (Wildman–Crippen MR) is 124 cm³/mol. The molecule has 2 aliphatic heterocycles. The van der Waals surface area contributed by atoms with Crippen LogP contribution < -0.4 is 9.47 Å². The van der Waals surface area contributed by atoms with Gasteiger partial charge in [0.25, 0.3) is 0 Å². The normalized spacial score (nSPS) is 22.5. The zero-order valence-corrected chi connectivity index (χ0v) is 20.2. The molecule has 0 aliphatic carbocycles. The third-order valence-corrected chi connectivity index (χ3v) is 9.51. The summed E-state index contributed by atoms with van der Waals surface area (Å²) in [6.45, 7) is 3.24. The first-order valence-electron chi connectivity index (χ1n) is 11.1. The molecule has 2 heterocycles. The van der Waals surface area contributed by atoms with Crippen molar-refractivity contribution in [3.05, 3.63) is 48.5 Å². The van der Waals surface area contributed by atoms with Gasteiger partial charge in [-0.05, 0) is 74.7 Å². The highest BCUT2D eigenvalue weighted by molar-refractivity contribution is 7.92. The van der Waals surface area contributed by atoms with Gasteiger partial charge in [-0.2, -0.15) is 4.31 Å². The molecule has 0 aromatic heterocycles. The van der Waals surface area contributed by atoms with Crippen LogP contribution in [-0.2, 0) is 24.6 Å². The van der Waals surface area contributed by atoms with Gasteiger partial charge in [-0.25, -0.2) is 16.8 Å². The molecule has 0 bridgehead atoms. The van der Waals surface area contributed by atoms with Crippen molar-refractivity contribution in [2.75, 3.05) is 31.3 Å². The highest BCUT2D eigenvalue weighted by Gasteiger charge is 2.40. The van der Waals surface area contributed by atoms with E-state index in [1.807, 2.05) is 6.92 Å². The molecule has 2 aromatic rings. The van der Waals surface area contributed by atoms with Crippen LogP contribution >= 0.6 is 0 Å². The maximum Gasteiger partial charge on any atom is 0.243 e. The quantitative estimate of drug-likeness (QED) is 0.527. The summed E-state index contributed by atoms with van der Waals surface area (Å²) in [6.07, 6.45) is 1.72. The number of benzene rings is 2. The largest absolute Gasteiger partial charge is 0.494 e. The van der Waals surface area contributed by atoms with Gasteiger partial charge in [-0.1, -0.05) is 0 Å². The van der Waals surface area contributed by atoms with Crippen molar-refractivity contribution in [1.82, 2.24) is 4.31 Å². The zero-order chi connectivity index (χ0) is 23.5. The highest BCUT2D eigenvalue weighted by atomic mass is 32.2. The monoisotopic (exact) mass is 495 g/mol. The average molecular weight is 496 g/mol. The van der Waals surface area contributed by atoms with E-state index in [0.717, 1.165) is 18.6 Å². The van der Waals surface area contributed by atoms with Crippen LogP contribution in [0.25, 0.3) is 0 Å².